The molecule has 2 amide bonds. The minimum absolute atomic E-state index is 0.105. The molecule has 9 nitrogen and oxygen atoms in total. The number of benzene rings is 4. The average Bonchev–Trinajstić information content (AvgIpc) is 3.10. The van der Waals surface area contributed by atoms with Crippen LogP contribution >= 0.6 is 0 Å². The van der Waals surface area contributed by atoms with Gasteiger partial charge in [-0.25, -0.2) is 9.59 Å². The van der Waals surface area contributed by atoms with Crippen LogP contribution in [0.1, 0.15) is 15.9 Å². The molecule has 0 aliphatic carbocycles. The van der Waals surface area contributed by atoms with Gasteiger partial charge in [0.2, 0.25) is 5.75 Å². The summed E-state index contributed by atoms with van der Waals surface area (Å²) in [5.74, 6) is 1.29. The number of hydrogen-bond acceptors (Lipinski definition) is 7. The van der Waals surface area contributed by atoms with Crippen LogP contribution in [0.25, 0.3) is 22.3 Å². The van der Waals surface area contributed by atoms with Crippen molar-refractivity contribution in [2.75, 3.05) is 59.6 Å². The van der Waals surface area contributed by atoms with Crippen molar-refractivity contribution in [2.45, 2.75) is 6.54 Å². The van der Waals surface area contributed by atoms with E-state index in [1.54, 1.807) is 38.4 Å². The van der Waals surface area contributed by atoms with Gasteiger partial charge in [0.25, 0.3) is 0 Å². The SMILES string of the molecule is COC(=O)c1ccc(CN(C(=O)N2CCOCC2)c2ccccc2-c2ccc(-c3cc(OC)c(OC)c(OC)c3)cc2)cc1. The molecule has 1 aliphatic heterocycles. The Kier molecular flexibility index (Phi) is 9.66. The van der Waals surface area contributed by atoms with Gasteiger partial charge in [0.1, 0.15) is 0 Å². The van der Waals surface area contributed by atoms with Crippen molar-refractivity contribution in [3.05, 3.63) is 96.1 Å². The monoisotopic (exact) mass is 596 g/mol. The van der Waals surface area contributed by atoms with Crippen molar-refractivity contribution in [2.24, 2.45) is 0 Å². The van der Waals surface area contributed by atoms with Crippen LogP contribution in [0, 0.1) is 0 Å². The molecule has 0 saturated carbocycles. The van der Waals surface area contributed by atoms with Crippen molar-refractivity contribution in [1.82, 2.24) is 4.90 Å². The highest BCUT2D eigenvalue weighted by Gasteiger charge is 2.26. The molecule has 1 aliphatic rings. The van der Waals surface area contributed by atoms with Crippen molar-refractivity contribution >= 4 is 17.7 Å². The number of methoxy groups -OCH3 is 4. The number of morpholine rings is 1. The summed E-state index contributed by atoms with van der Waals surface area (Å²) >= 11 is 0. The molecule has 1 fully saturated rings. The summed E-state index contributed by atoms with van der Waals surface area (Å²) < 4.78 is 26.9. The summed E-state index contributed by atoms with van der Waals surface area (Å²) in [5, 5.41) is 0. The largest absolute Gasteiger partial charge is 0.493 e. The molecule has 0 N–H and O–H groups in total. The topological polar surface area (TPSA) is 86.8 Å². The molecule has 9 heteroatoms. The van der Waals surface area contributed by atoms with Gasteiger partial charge in [-0.2, -0.15) is 0 Å². The quantitative estimate of drug-likeness (QED) is 0.210. The minimum atomic E-state index is -0.405. The molecule has 5 rings (SSSR count). The van der Waals surface area contributed by atoms with E-state index in [0.29, 0.717) is 55.7 Å². The van der Waals surface area contributed by atoms with Gasteiger partial charge in [0.15, 0.2) is 11.5 Å². The lowest BCUT2D eigenvalue weighted by Gasteiger charge is -2.34. The molecular formula is C35H36N2O7. The Morgan fingerprint density at radius 1 is 0.750 bits per heavy atom. The third-order valence-corrected chi connectivity index (χ3v) is 7.62. The number of carbonyl (C=O) groups excluding carboxylic acids is 2. The molecule has 4 aromatic rings. The van der Waals surface area contributed by atoms with Crippen LogP contribution in [0.3, 0.4) is 0 Å². The third kappa shape index (κ3) is 6.48. The predicted molar refractivity (Wildman–Crippen MR) is 169 cm³/mol. The minimum Gasteiger partial charge on any atom is -0.493 e. The second-order valence-corrected chi connectivity index (χ2v) is 10.2. The number of esters is 1. The number of urea groups is 1. The van der Waals surface area contributed by atoms with E-state index >= 15 is 0 Å². The van der Waals surface area contributed by atoms with E-state index < -0.39 is 5.97 Å². The van der Waals surface area contributed by atoms with Gasteiger partial charge in [-0.05, 0) is 52.6 Å². The normalized spacial score (nSPS) is 12.8. The van der Waals surface area contributed by atoms with Gasteiger partial charge in [0.05, 0.1) is 59.4 Å². The van der Waals surface area contributed by atoms with E-state index in [1.807, 2.05) is 77.7 Å². The molecule has 4 aromatic carbocycles. The first kappa shape index (κ1) is 30.4. The summed E-state index contributed by atoms with van der Waals surface area (Å²) in [5.41, 5.74) is 5.87. The van der Waals surface area contributed by atoms with Gasteiger partial charge < -0.3 is 28.6 Å². The summed E-state index contributed by atoms with van der Waals surface area (Å²) in [6, 6.07) is 26.9. The van der Waals surface area contributed by atoms with Crippen LogP contribution in [-0.4, -0.2) is 71.6 Å². The highest BCUT2D eigenvalue weighted by molar-refractivity contribution is 5.97. The molecule has 1 saturated heterocycles. The van der Waals surface area contributed by atoms with Gasteiger partial charge in [-0.1, -0.05) is 54.6 Å². The van der Waals surface area contributed by atoms with Gasteiger partial charge in [0, 0.05) is 18.7 Å². The molecule has 0 spiro atoms. The summed E-state index contributed by atoms with van der Waals surface area (Å²) in [6.45, 7) is 2.34. The lowest BCUT2D eigenvalue weighted by Crippen LogP contribution is -2.48. The molecule has 0 bridgehead atoms. The number of anilines is 1. The van der Waals surface area contributed by atoms with E-state index in [2.05, 4.69) is 0 Å². The predicted octanol–water partition coefficient (Wildman–Crippen LogP) is 6.29. The molecule has 0 unspecified atom stereocenters. The number of para-hydroxylation sites is 1. The van der Waals surface area contributed by atoms with Crippen molar-refractivity contribution in [1.29, 1.82) is 0 Å². The van der Waals surface area contributed by atoms with Crippen LogP contribution < -0.4 is 19.1 Å². The zero-order valence-electron chi connectivity index (χ0n) is 25.4. The Hall–Kier alpha value is -5.02. The van der Waals surface area contributed by atoms with Gasteiger partial charge in [-0.3, -0.25) is 4.90 Å². The number of ether oxygens (including phenoxy) is 5. The fourth-order valence-corrected chi connectivity index (χ4v) is 5.27. The van der Waals surface area contributed by atoms with E-state index in [0.717, 1.165) is 33.5 Å². The summed E-state index contributed by atoms with van der Waals surface area (Å²) in [6.07, 6.45) is 0. The second kappa shape index (κ2) is 14.0. The Morgan fingerprint density at radius 3 is 1.95 bits per heavy atom. The molecular weight excluding hydrogens is 560 g/mol. The Labute approximate surface area is 257 Å². The fourth-order valence-electron chi connectivity index (χ4n) is 5.27. The molecule has 228 valence electrons. The van der Waals surface area contributed by atoms with Gasteiger partial charge in [-0.15, -0.1) is 0 Å². The summed E-state index contributed by atoms with van der Waals surface area (Å²) in [4.78, 5) is 29.6. The van der Waals surface area contributed by atoms with Crippen LogP contribution in [-0.2, 0) is 16.0 Å². The summed E-state index contributed by atoms with van der Waals surface area (Å²) in [7, 11) is 6.13. The lowest BCUT2D eigenvalue weighted by molar-refractivity contribution is 0.0548. The third-order valence-electron chi connectivity index (χ3n) is 7.62. The molecule has 0 aromatic heterocycles. The number of hydrogen-bond donors (Lipinski definition) is 0. The average molecular weight is 597 g/mol. The molecule has 0 radical (unpaired) electrons. The lowest BCUT2D eigenvalue weighted by atomic mass is 9.98. The van der Waals surface area contributed by atoms with Gasteiger partial charge >= 0.3 is 12.0 Å². The van der Waals surface area contributed by atoms with Crippen molar-refractivity contribution in [3.8, 4) is 39.5 Å². The molecule has 1 heterocycles. The Morgan fingerprint density at radius 2 is 1.36 bits per heavy atom. The van der Waals surface area contributed by atoms with Crippen molar-refractivity contribution in [3.63, 3.8) is 0 Å². The number of nitrogens with zero attached hydrogens (tertiary/aromatic N) is 2. The van der Waals surface area contributed by atoms with E-state index in [1.165, 1.54) is 7.11 Å². The van der Waals surface area contributed by atoms with Crippen LogP contribution in [0.5, 0.6) is 17.2 Å². The Bertz CT molecular complexity index is 1570. The van der Waals surface area contributed by atoms with Crippen LogP contribution in [0.4, 0.5) is 10.5 Å². The molecule has 0 atom stereocenters. The van der Waals surface area contributed by atoms with E-state index in [9.17, 15) is 9.59 Å². The van der Waals surface area contributed by atoms with Crippen LogP contribution in [0.15, 0.2) is 84.9 Å². The maximum Gasteiger partial charge on any atom is 0.337 e. The number of rotatable bonds is 9. The van der Waals surface area contributed by atoms with E-state index in [-0.39, 0.29) is 6.03 Å². The second-order valence-electron chi connectivity index (χ2n) is 10.2. The first-order chi connectivity index (χ1) is 21.5. The highest BCUT2D eigenvalue weighted by Crippen LogP contribution is 2.42. The van der Waals surface area contributed by atoms with Crippen molar-refractivity contribution < 1.29 is 33.3 Å². The van der Waals surface area contributed by atoms with E-state index in [4.69, 9.17) is 23.7 Å². The fraction of sp³-hybridized carbons (Fsp3) is 0.257. The first-order valence-corrected chi connectivity index (χ1v) is 14.3. The standard InChI is InChI=1S/C35H36N2O7/c1-40-31-21-28(22-32(41-2)33(31)42-3)25-13-15-26(16-14-25)29-7-5-6-8-30(29)37(35(39)36-17-19-44-20-18-36)23-24-9-11-27(12-10-24)34(38)43-4/h5-16,21-22H,17-20,23H2,1-4H3. The highest BCUT2D eigenvalue weighted by atomic mass is 16.5. The van der Waals surface area contributed by atoms with Crippen LogP contribution in [0.2, 0.25) is 0 Å². The number of carbonyl (C=O) groups is 2. The first-order valence-electron chi connectivity index (χ1n) is 14.3. The maximum atomic E-state index is 14.0. The zero-order chi connectivity index (χ0) is 31.1. The smallest absolute Gasteiger partial charge is 0.337 e. The number of amides is 2. The Balaban J connectivity index is 1.50. The molecule has 44 heavy (non-hydrogen) atoms. The zero-order valence-corrected chi connectivity index (χ0v) is 25.4. The maximum absolute atomic E-state index is 14.0.